The van der Waals surface area contributed by atoms with Crippen molar-refractivity contribution in [2.75, 3.05) is 17.7 Å². The van der Waals surface area contributed by atoms with Crippen molar-refractivity contribution >= 4 is 23.4 Å². The molecule has 0 saturated carbocycles. The summed E-state index contributed by atoms with van der Waals surface area (Å²) in [7, 11) is 0. The van der Waals surface area contributed by atoms with Gasteiger partial charge in [0.1, 0.15) is 11.5 Å². The first kappa shape index (κ1) is 24.6. The van der Waals surface area contributed by atoms with Crippen LogP contribution in [0.4, 0.5) is 5.69 Å². The van der Waals surface area contributed by atoms with Gasteiger partial charge in [0.15, 0.2) is 11.0 Å². The highest BCUT2D eigenvalue weighted by molar-refractivity contribution is 7.99. The summed E-state index contributed by atoms with van der Waals surface area (Å²) in [5.41, 5.74) is 2.92. The van der Waals surface area contributed by atoms with Gasteiger partial charge in [-0.3, -0.25) is 9.36 Å². The third kappa shape index (κ3) is 6.14. The first-order valence-corrected chi connectivity index (χ1v) is 12.5. The molecule has 35 heavy (non-hydrogen) atoms. The summed E-state index contributed by atoms with van der Waals surface area (Å²) < 4.78 is 13.2. The van der Waals surface area contributed by atoms with Gasteiger partial charge in [-0.2, -0.15) is 0 Å². The summed E-state index contributed by atoms with van der Waals surface area (Å²) in [5.74, 6) is 2.20. The van der Waals surface area contributed by atoms with Crippen LogP contribution in [0.3, 0.4) is 0 Å². The van der Waals surface area contributed by atoms with Gasteiger partial charge < -0.3 is 14.5 Å². The van der Waals surface area contributed by atoms with E-state index < -0.39 is 0 Å². The number of aromatic nitrogens is 3. The number of nitrogens with one attached hydrogen (secondary N) is 1. The topological polar surface area (TPSA) is 82.2 Å². The molecule has 4 aromatic rings. The Morgan fingerprint density at radius 2 is 1.83 bits per heavy atom. The molecular weight excluding hydrogens is 460 g/mol. The molecule has 8 heteroatoms. The summed E-state index contributed by atoms with van der Waals surface area (Å²) in [6.07, 6.45) is 1.65. The number of amides is 1. The Morgan fingerprint density at radius 3 is 2.51 bits per heavy atom. The van der Waals surface area contributed by atoms with Gasteiger partial charge in [-0.15, -0.1) is 10.2 Å². The van der Waals surface area contributed by atoms with Gasteiger partial charge in [0.2, 0.25) is 5.91 Å². The molecule has 0 saturated heterocycles. The van der Waals surface area contributed by atoms with Crippen LogP contribution >= 0.6 is 11.8 Å². The number of nitrogens with zero attached hydrogens (tertiary/aromatic N) is 3. The number of hydrogen-bond donors (Lipinski definition) is 1. The third-order valence-corrected chi connectivity index (χ3v) is 6.38. The molecule has 0 fully saturated rings. The maximum absolute atomic E-state index is 12.7. The normalized spacial score (nSPS) is 11.4. The van der Waals surface area contributed by atoms with Crippen molar-refractivity contribution in [3.05, 3.63) is 78.3 Å². The Balaban J connectivity index is 1.54. The van der Waals surface area contributed by atoms with E-state index in [1.54, 1.807) is 6.26 Å². The summed E-state index contributed by atoms with van der Waals surface area (Å²) in [4.78, 5) is 12.7. The smallest absolute Gasteiger partial charge is 0.234 e. The molecule has 2 aromatic heterocycles. The number of anilines is 1. The second kappa shape index (κ2) is 10.8. The standard InChI is InChI=1S/C27H30N4O3S/c1-5-33-23-11-7-6-10-22(23)28-24(32)18-35-26-30-29-25(31(26)17-21-9-8-16-34-21)19-12-14-20(15-13-19)27(2,3)4/h6-16H,5,17-18H2,1-4H3,(H,28,32). The average Bonchev–Trinajstić information content (AvgIpc) is 3.49. The van der Waals surface area contributed by atoms with Crippen LogP contribution < -0.4 is 10.1 Å². The summed E-state index contributed by atoms with van der Waals surface area (Å²) in [6.45, 7) is 9.47. The van der Waals surface area contributed by atoms with Crippen molar-refractivity contribution in [1.29, 1.82) is 0 Å². The Hall–Kier alpha value is -3.52. The lowest BCUT2D eigenvalue weighted by atomic mass is 9.87. The number of ether oxygens (including phenoxy) is 1. The van der Waals surface area contributed by atoms with Crippen molar-refractivity contribution in [2.24, 2.45) is 0 Å². The second-order valence-electron chi connectivity index (χ2n) is 9.07. The number of rotatable bonds is 9. The fourth-order valence-corrected chi connectivity index (χ4v) is 4.33. The molecule has 0 bridgehead atoms. The molecule has 0 aliphatic rings. The SMILES string of the molecule is CCOc1ccccc1NC(=O)CSc1nnc(-c2ccc(C(C)(C)C)cc2)n1Cc1ccco1. The van der Waals surface area contributed by atoms with E-state index in [9.17, 15) is 4.79 Å². The Morgan fingerprint density at radius 1 is 1.06 bits per heavy atom. The van der Waals surface area contributed by atoms with E-state index in [2.05, 4.69) is 60.6 Å². The van der Waals surface area contributed by atoms with Crippen LogP contribution in [-0.4, -0.2) is 33.0 Å². The number of benzene rings is 2. The molecule has 182 valence electrons. The Labute approximate surface area is 209 Å². The zero-order valence-electron chi connectivity index (χ0n) is 20.4. The molecule has 7 nitrogen and oxygen atoms in total. The van der Waals surface area contributed by atoms with Crippen LogP contribution in [0.25, 0.3) is 11.4 Å². The van der Waals surface area contributed by atoms with E-state index >= 15 is 0 Å². The zero-order chi connectivity index (χ0) is 24.8. The molecule has 0 aliphatic carbocycles. The van der Waals surface area contributed by atoms with Crippen molar-refractivity contribution in [2.45, 2.75) is 44.8 Å². The van der Waals surface area contributed by atoms with E-state index in [4.69, 9.17) is 9.15 Å². The van der Waals surface area contributed by atoms with Crippen LogP contribution in [0, 0.1) is 0 Å². The molecule has 1 amide bonds. The number of para-hydroxylation sites is 2. The number of furan rings is 1. The average molecular weight is 491 g/mol. The highest BCUT2D eigenvalue weighted by atomic mass is 32.2. The minimum atomic E-state index is -0.147. The first-order valence-electron chi connectivity index (χ1n) is 11.6. The summed E-state index contributed by atoms with van der Waals surface area (Å²) in [5, 5.41) is 12.4. The Bertz CT molecular complexity index is 1260. The third-order valence-electron chi connectivity index (χ3n) is 5.41. The van der Waals surface area contributed by atoms with E-state index in [0.717, 1.165) is 17.1 Å². The van der Waals surface area contributed by atoms with E-state index in [-0.39, 0.29) is 17.1 Å². The van der Waals surface area contributed by atoms with Gasteiger partial charge in [-0.05, 0) is 42.2 Å². The predicted molar refractivity (Wildman–Crippen MR) is 139 cm³/mol. The van der Waals surface area contributed by atoms with E-state index in [1.807, 2.05) is 47.9 Å². The summed E-state index contributed by atoms with van der Waals surface area (Å²) >= 11 is 1.33. The largest absolute Gasteiger partial charge is 0.492 e. The monoisotopic (exact) mass is 490 g/mol. The minimum Gasteiger partial charge on any atom is -0.492 e. The number of hydrogen-bond acceptors (Lipinski definition) is 6. The lowest BCUT2D eigenvalue weighted by molar-refractivity contribution is -0.113. The molecule has 0 unspecified atom stereocenters. The van der Waals surface area contributed by atoms with Crippen LogP contribution in [0.15, 0.2) is 76.5 Å². The fourth-order valence-electron chi connectivity index (χ4n) is 3.60. The molecule has 0 aliphatic heterocycles. The lowest BCUT2D eigenvalue weighted by Crippen LogP contribution is -2.15. The molecule has 2 aromatic carbocycles. The van der Waals surface area contributed by atoms with Crippen molar-refractivity contribution in [3.63, 3.8) is 0 Å². The second-order valence-corrected chi connectivity index (χ2v) is 10.0. The van der Waals surface area contributed by atoms with Gasteiger partial charge in [0.25, 0.3) is 0 Å². The lowest BCUT2D eigenvalue weighted by Gasteiger charge is -2.19. The minimum absolute atomic E-state index is 0.0650. The van der Waals surface area contributed by atoms with Crippen molar-refractivity contribution in [1.82, 2.24) is 14.8 Å². The van der Waals surface area contributed by atoms with E-state index in [0.29, 0.717) is 29.7 Å². The van der Waals surface area contributed by atoms with Gasteiger partial charge >= 0.3 is 0 Å². The van der Waals surface area contributed by atoms with E-state index in [1.165, 1.54) is 17.3 Å². The molecule has 0 radical (unpaired) electrons. The molecule has 4 rings (SSSR count). The van der Waals surface area contributed by atoms with Gasteiger partial charge in [-0.25, -0.2) is 0 Å². The molecule has 0 atom stereocenters. The zero-order valence-corrected chi connectivity index (χ0v) is 21.3. The first-order chi connectivity index (χ1) is 16.8. The quantitative estimate of drug-likeness (QED) is 0.289. The highest BCUT2D eigenvalue weighted by Crippen LogP contribution is 2.29. The van der Waals surface area contributed by atoms with Crippen LogP contribution in [0.5, 0.6) is 5.75 Å². The maximum atomic E-state index is 12.7. The van der Waals surface area contributed by atoms with Crippen LogP contribution in [0.1, 0.15) is 39.0 Å². The van der Waals surface area contributed by atoms with Gasteiger partial charge in [-0.1, -0.05) is 68.9 Å². The Kier molecular flexibility index (Phi) is 7.60. The fraction of sp³-hybridized carbons (Fsp3) is 0.296. The molecular formula is C27H30N4O3S. The molecule has 1 N–H and O–H groups in total. The number of carbonyl (C=O) groups excluding carboxylic acids is 1. The van der Waals surface area contributed by atoms with Crippen molar-refractivity contribution < 1.29 is 13.9 Å². The maximum Gasteiger partial charge on any atom is 0.234 e. The van der Waals surface area contributed by atoms with Gasteiger partial charge in [0.05, 0.1) is 30.9 Å². The molecule has 2 heterocycles. The number of carbonyl (C=O) groups is 1. The van der Waals surface area contributed by atoms with Gasteiger partial charge in [0, 0.05) is 5.56 Å². The molecule has 0 spiro atoms. The van der Waals surface area contributed by atoms with Crippen molar-refractivity contribution in [3.8, 4) is 17.1 Å². The number of thioether (sulfide) groups is 1. The highest BCUT2D eigenvalue weighted by Gasteiger charge is 2.19. The van der Waals surface area contributed by atoms with Crippen LogP contribution in [-0.2, 0) is 16.8 Å². The summed E-state index contributed by atoms with van der Waals surface area (Å²) in [6, 6.07) is 19.5. The van der Waals surface area contributed by atoms with Crippen LogP contribution in [0.2, 0.25) is 0 Å². The predicted octanol–water partition coefficient (Wildman–Crippen LogP) is 6.01.